The van der Waals surface area contributed by atoms with Gasteiger partial charge in [0.1, 0.15) is 0 Å². The Morgan fingerprint density at radius 1 is 1.40 bits per heavy atom. The molecule has 0 atom stereocenters. The normalized spacial score (nSPS) is 12.6. The van der Waals surface area contributed by atoms with Crippen LogP contribution in [-0.4, -0.2) is 38.8 Å². The van der Waals surface area contributed by atoms with Gasteiger partial charge in [-0.1, -0.05) is 23.4 Å². The smallest absolute Gasteiger partial charge is 0.208 e. The molecular weight excluding hydrogens is 280 g/mol. The lowest BCUT2D eigenvalue weighted by Crippen LogP contribution is -2.26. The Bertz CT molecular complexity index is 558. The third-order valence-electron chi connectivity index (χ3n) is 2.55. The van der Waals surface area contributed by atoms with E-state index in [0.29, 0.717) is 31.6 Å². The minimum atomic E-state index is -3.11. The molecule has 0 heterocycles. The highest BCUT2D eigenvalue weighted by molar-refractivity contribution is 7.88. The fourth-order valence-electron chi connectivity index (χ4n) is 1.60. The lowest BCUT2D eigenvalue weighted by Gasteiger charge is -2.07. The molecule has 112 valence electrons. The van der Waals surface area contributed by atoms with E-state index < -0.39 is 10.0 Å². The average Bonchev–Trinajstić information content (AvgIpc) is 2.41. The van der Waals surface area contributed by atoms with Crippen molar-refractivity contribution >= 4 is 15.9 Å². The number of nitrogens with two attached hydrogens (primary N) is 1. The Morgan fingerprint density at radius 2 is 2.15 bits per heavy atom. The maximum absolute atomic E-state index is 10.8. The SMILES string of the molecule is CS(=O)(=O)NCCCNCc1cccc(/C(N)=N/O)c1. The van der Waals surface area contributed by atoms with E-state index in [1.807, 2.05) is 18.2 Å². The standard InChI is InChI=1S/C12H20N4O3S/c1-20(18,19)15-7-3-6-14-9-10-4-2-5-11(8-10)12(13)16-17/h2,4-5,8,14-15,17H,3,6-7,9H2,1H3,(H2,13,16). The summed E-state index contributed by atoms with van der Waals surface area (Å²) in [7, 11) is -3.11. The van der Waals surface area contributed by atoms with Gasteiger partial charge in [-0.15, -0.1) is 0 Å². The van der Waals surface area contributed by atoms with Gasteiger partial charge in [0, 0.05) is 18.7 Å². The zero-order valence-electron chi connectivity index (χ0n) is 11.3. The zero-order valence-corrected chi connectivity index (χ0v) is 12.2. The van der Waals surface area contributed by atoms with Crippen molar-refractivity contribution in [3.05, 3.63) is 35.4 Å². The summed E-state index contributed by atoms with van der Waals surface area (Å²) in [6.45, 7) is 1.73. The van der Waals surface area contributed by atoms with Gasteiger partial charge in [-0.05, 0) is 24.6 Å². The predicted octanol–water partition coefficient (Wildman–Crippen LogP) is -0.190. The second kappa shape index (κ2) is 7.83. The van der Waals surface area contributed by atoms with Crippen molar-refractivity contribution in [2.75, 3.05) is 19.3 Å². The summed E-state index contributed by atoms with van der Waals surface area (Å²) in [4.78, 5) is 0. The number of oxime groups is 1. The van der Waals surface area contributed by atoms with Crippen LogP contribution in [0.25, 0.3) is 0 Å². The summed E-state index contributed by atoms with van der Waals surface area (Å²) in [6.07, 6.45) is 1.84. The quantitative estimate of drug-likeness (QED) is 0.174. The van der Waals surface area contributed by atoms with Crippen LogP contribution in [0.15, 0.2) is 29.4 Å². The number of benzene rings is 1. The molecule has 8 heteroatoms. The molecular formula is C12H20N4O3S. The zero-order chi connectivity index (χ0) is 15.0. The molecule has 20 heavy (non-hydrogen) atoms. The van der Waals surface area contributed by atoms with Crippen LogP contribution in [0.4, 0.5) is 0 Å². The second-order valence-corrected chi connectivity index (χ2v) is 6.22. The highest BCUT2D eigenvalue weighted by atomic mass is 32.2. The molecule has 5 N–H and O–H groups in total. The molecule has 0 radical (unpaired) electrons. The van der Waals surface area contributed by atoms with Crippen molar-refractivity contribution in [2.45, 2.75) is 13.0 Å². The third kappa shape index (κ3) is 6.50. The minimum absolute atomic E-state index is 0.0733. The van der Waals surface area contributed by atoms with E-state index in [-0.39, 0.29) is 5.84 Å². The van der Waals surface area contributed by atoms with Gasteiger partial charge in [-0.25, -0.2) is 13.1 Å². The largest absolute Gasteiger partial charge is 0.409 e. The number of rotatable bonds is 8. The molecule has 0 aliphatic carbocycles. The average molecular weight is 300 g/mol. The molecule has 0 spiro atoms. The van der Waals surface area contributed by atoms with Crippen LogP contribution >= 0.6 is 0 Å². The van der Waals surface area contributed by atoms with E-state index in [9.17, 15) is 8.42 Å². The van der Waals surface area contributed by atoms with Crippen LogP contribution in [0.3, 0.4) is 0 Å². The van der Waals surface area contributed by atoms with E-state index in [1.165, 1.54) is 0 Å². The summed E-state index contributed by atoms with van der Waals surface area (Å²) in [6, 6.07) is 7.34. The van der Waals surface area contributed by atoms with Gasteiger partial charge >= 0.3 is 0 Å². The lowest BCUT2D eigenvalue weighted by molar-refractivity contribution is 0.318. The van der Waals surface area contributed by atoms with E-state index in [4.69, 9.17) is 10.9 Å². The maximum Gasteiger partial charge on any atom is 0.208 e. The summed E-state index contributed by atoms with van der Waals surface area (Å²) < 4.78 is 24.1. The summed E-state index contributed by atoms with van der Waals surface area (Å²) in [5, 5.41) is 14.8. The number of amidine groups is 1. The van der Waals surface area contributed by atoms with Crippen molar-refractivity contribution in [1.82, 2.24) is 10.0 Å². The Kier molecular flexibility index (Phi) is 6.43. The highest BCUT2D eigenvalue weighted by Crippen LogP contribution is 2.04. The number of nitrogens with one attached hydrogen (secondary N) is 2. The van der Waals surface area contributed by atoms with Crippen LogP contribution in [0.1, 0.15) is 17.5 Å². The monoisotopic (exact) mass is 300 g/mol. The van der Waals surface area contributed by atoms with Crippen LogP contribution in [0, 0.1) is 0 Å². The molecule has 0 aliphatic rings. The Labute approximate surface area is 118 Å². The van der Waals surface area contributed by atoms with Crippen molar-refractivity contribution in [3.63, 3.8) is 0 Å². The number of sulfonamides is 1. The summed E-state index contributed by atoms with van der Waals surface area (Å²) in [5.41, 5.74) is 7.18. The molecule has 7 nitrogen and oxygen atoms in total. The van der Waals surface area contributed by atoms with Gasteiger partial charge in [-0.3, -0.25) is 0 Å². The molecule has 0 aromatic heterocycles. The molecule has 1 rings (SSSR count). The lowest BCUT2D eigenvalue weighted by atomic mass is 10.1. The van der Waals surface area contributed by atoms with Crippen LogP contribution < -0.4 is 15.8 Å². The fraction of sp³-hybridized carbons (Fsp3) is 0.417. The number of hydrogen-bond acceptors (Lipinski definition) is 5. The van der Waals surface area contributed by atoms with Gasteiger partial charge in [-0.2, -0.15) is 0 Å². The summed E-state index contributed by atoms with van der Waals surface area (Å²) in [5.74, 6) is 0.0733. The first-order valence-electron chi connectivity index (χ1n) is 6.14. The van der Waals surface area contributed by atoms with E-state index in [0.717, 1.165) is 11.8 Å². The first-order valence-corrected chi connectivity index (χ1v) is 8.03. The summed E-state index contributed by atoms with van der Waals surface area (Å²) >= 11 is 0. The molecule has 1 aromatic rings. The molecule has 0 unspecified atom stereocenters. The second-order valence-electron chi connectivity index (χ2n) is 4.38. The fourth-order valence-corrected chi connectivity index (χ4v) is 2.12. The molecule has 1 aromatic carbocycles. The van der Waals surface area contributed by atoms with Gasteiger partial charge in [0.05, 0.1) is 6.26 Å². The van der Waals surface area contributed by atoms with Crippen molar-refractivity contribution in [3.8, 4) is 0 Å². The molecule has 0 aliphatic heterocycles. The highest BCUT2D eigenvalue weighted by Gasteiger charge is 2.01. The van der Waals surface area contributed by atoms with Gasteiger partial charge < -0.3 is 16.3 Å². The van der Waals surface area contributed by atoms with E-state index in [1.54, 1.807) is 6.07 Å². The molecule has 0 saturated heterocycles. The number of hydrogen-bond donors (Lipinski definition) is 4. The van der Waals surface area contributed by atoms with Gasteiger partial charge in [0.2, 0.25) is 10.0 Å². The molecule has 0 amide bonds. The van der Waals surface area contributed by atoms with E-state index in [2.05, 4.69) is 15.2 Å². The van der Waals surface area contributed by atoms with Crippen LogP contribution in [0.2, 0.25) is 0 Å². The Hall–Kier alpha value is -1.64. The van der Waals surface area contributed by atoms with Crippen LogP contribution in [-0.2, 0) is 16.6 Å². The molecule has 0 bridgehead atoms. The van der Waals surface area contributed by atoms with Crippen molar-refractivity contribution in [1.29, 1.82) is 0 Å². The topological polar surface area (TPSA) is 117 Å². The third-order valence-corrected chi connectivity index (χ3v) is 3.28. The number of nitrogens with zero attached hydrogens (tertiary/aromatic N) is 1. The first-order chi connectivity index (χ1) is 9.42. The predicted molar refractivity (Wildman–Crippen MR) is 78.1 cm³/mol. The minimum Gasteiger partial charge on any atom is -0.409 e. The maximum atomic E-state index is 10.8. The Morgan fingerprint density at radius 3 is 2.80 bits per heavy atom. The van der Waals surface area contributed by atoms with Crippen molar-refractivity contribution in [2.24, 2.45) is 10.9 Å². The van der Waals surface area contributed by atoms with Crippen LogP contribution in [0.5, 0.6) is 0 Å². The van der Waals surface area contributed by atoms with E-state index >= 15 is 0 Å². The molecule has 0 fully saturated rings. The first kappa shape index (κ1) is 16.4. The molecule has 0 saturated carbocycles. The van der Waals surface area contributed by atoms with Gasteiger partial charge in [0.25, 0.3) is 0 Å². The van der Waals surface area contributed by atoms with Gasteiger partial charge in [0.15, 0.2) is 5.84 Å². The van der Waals surface area contributed by atoms with Crippen molar-refractivity contribution < 1.29 is 13.6 Å². The Balaban J connectivity index is 2.32.